The maximum Gasteiger partial charge on any atom is 0.330 e. The second-order valence-corrected chi connectivity index (χ2v) is 11.7. The quantitative estimate of drug-likeness (QED) is 0.174. The first kappa shape index (κ1) is 30.2. The van der Waals surface area contributed by atoms with Gasteiger partial charge in [-0.15, -0.1) is 0 Å². The number of aromatic nitrogens is 2. The van der Waals surface area contributed by atoms with E-state index in [1.165, 1.54) is 38.9 Å². The van der Waals surface area contributed by atoms with E-state index < -0.39 is 53.4 Å². The molecule has 42 heavy (non-hydrogen) atoms. The number of carbonyl (C=O) groups excluding carboxylic acids is 1. The van der Waals surface area contributed by atoms with Gasteiger partial charge < -0.3 is 9.47 Å². The number of benzene rings is 2. The van der Waals surface area contributed by atoms with Crippen molar-refractivity contribution >= 4 is 22.9 Å². The Morgan fingerprint density at radius 3 is 2.55 bits per heavy atom. The van der Waals surface area contributed by atoms with Crippen molar-refractivity contribution in [1.82, 2.24) is 14.7 Å². The van der Waals surface area contributed by atoms with E-state index in [-0.39, 0.29) is 18.2 Å². The first-order valence-corrected chi connectivity index (χ1v) is 14.0. The van der Waals surface area contributed by atoms with Crippen LogP contribution in [0.25, 0.3) is 17.0 Å². The minimum atomic E-state index is -2.94. The predicted octanol–water partition coefficient (Wildman–Crippen LogP) is 6.70. The molecule has 5 rings (SSSR count). The van der Waals surface area contributed by atoms with Gasteiger partial charge in [-0.3, -0.25) is 4.90 Å². The number of rotatable bonds is 7. The molecule has 2 aliphatic heterocycles. The molecule has 0 saturated carbocycles. The summed E-state index contributed by atoms with van der Waals surface area (Å²) >= 11 is 0. The largest absolute Gasteiger partial charge is 0.466 e. The average molecular weight is 592 g/mol. The molecule has 3 aromatic rings. The summed E-state index contributed by atoms with van der Waals surface area (Å²) in [5.41, 5.74) is -2.72. The van der Waals surface area contributed by atoms with Crippen molar-refractivity contribution in [3.63, 3.8) is 0 Å². The fraction of sp³-hybridized carbons (Fsp3) is 0.484. The summed E-state index contributed by atoms with van der Waals surface area (Å²) in [5, 5.41) is 5.10. The molecule has 0 spiro atoms. The van der Waals surface area contributed by atoms with Crippen LogP contribution < -0.4 is 0 Å². The Kier molecular flexibility index (Phi) is 8.19. The van der Waals surface area contributed by atoms with Gasteiger partial charge in [0.2, 0.25) is 0 Å². The minimum Gasteiger partial charge on any atom is -0.466 e. The number of alkyl halides is 3. The molecule has 3 heterocycles. The molecular formula is C31H34F5N3O3. The number of carbonyl (C=O) groups is 1. The van der Waals surface area contributed by atoms with Crippen LogP contribution in [0.5, 0.6) is 0 Å². The number of hydrogen-bond donors (Lipinski definition) is 0. The van der Waals surface area contributed by atoms with Gasteiger partial charge in [-0.2, -0.15) is 5.10 Å². The molecule has 1 fully saturated rings. The second-order valence-electron chi connectivity index (χ2n) is 11.7. The highest BCUT2D eigenvalue weighted by Gasteiger charge is 2.52. The molecule has 0 bridgehead atoms. The van der Waals surface area contributed by atoms with Crippen molar-refractivity contribution in [2.45, 2.75) is 76.4 Å². The number of ether oxygens (including phenoxy) is 2. The van der Waals surface area contributed by atoms with Crippen molar-refractivity contribution in [3.05, 3.63) is 70.4 Å². The number of methoxy groups -OCH3 is 1. The van der Waals surface area contributed by atoms with E-state index >= 15 is 13.2 Å². The van der Waals surface area contributed by atoms with Crippen LogP contribution in [0, 0.1) is 11.6 Å². The lowest BCUT2D eigenvalue weighted by atomic mass is 9.73. The van der Waals surface area contributed by atoms with Crippen LogP contribution in [0.4, 0.5) is 22.0 Å². The zero-order chi connectivity index (χ0) is 30.4. The highest BCUT2D eigenvalue weighted by atomic mass is 19.3. The molecule has 0 N–H and O–H groups in total. The maximum atomic E-state index is 16.0. The zero-order valence-corrected chi connectivity index (χ0v) is 24.0. The molecule has 226 valence electrons. The Morgan fingerprint density at radius 2 is 1.95 bits per heavy atom. The third-order valence-corrected chi connectivity index (χ3v) is 8.23. The maximum absolute atomic E-state index is 16.0. The standard InChI is InChI=1S/C31H34F5N3O3/c1-30(2,36)17-38-25(29(34)35)15-19-20-16-37-39(26-7-5-6-12-42-26)24(20)10-9-21(19)31(38,3)28-22(32)13-18(14-23(28)33)8-11-27(40)41-4/h8-11,13-14,16,25-26,29H,5-7,12,15,17H2,1-4H3/b11-8+/t25-,26?,31-/m0/s1. The van der Waals surface area contributed by atoms with E-state index in [0.717, 1.165) is 37.5 Å². The van der Waals surface area contributed by atoms with Crippen LogP contribution in [0.3, 0.4) is 0 Å². The van der Waals surface area contributed by atoms with Crippen LogP contribution in [-0.4, -0.2) is 59.0 Å². The number of esters is 1. The molecule has 2 aliphatic rings. The lowest BCUT2D eigenvalue weighted by Gasteiger charge is -2.52. The van der Waals surface area contributed by atoms with E-state index in [0.29, 0.717) is 28.6 Å². The van der Waals surface area contributed by atoms with Crippen LogP contribution in [0.15, 0.2) is 36.5 Å². The van der Waals surface area contributed by atoms with Gasteiger partial charge in [-0.1, -0.05) is 6.07 Å². The molecule has 6 nitrogen and oxygen atoms in total. The molecule has 0 amide bonds. The van der Waals surface area contributed by atoms with Gasteiger partial charge in [-0.25, -0.2) is 31.4 Å². The van der Waals surface area contributed by atoms with Crippen LogP contribution in [0.1, 0.15) is 68.5 Å². The predicted molar refractivity (Wildman–Crippen MR) is 148 cm³/mol. The normalized spacial score (nSPS) is 23.6. The molecule has 2 aromatic carbocycles. The number of halogens is 5. The Bertz CT molecular complexity index is 1490. The van der Waals surface area contributed by atoms with Gasteiger partial charge in [0.25, 0.3) is 6.43 Å². The third-order valence-electron chi connectivity index (χ3n) is 8.23. The summed E-state index contributed by atoms with van der Waals surface area (Å²) < 4.78 is 89.0. The van der Waals surface area contributed by atoms with Crippen molar-refractivity contribution in [2.24, 2.45) is 0 Å². The number of fused-ring (bicyclic) bond motifs is 3. The summed E-state index contributed by atoms with van der Waals surface area (Å²) in [4.78, 5) is 12.7. The Hall–Kier alpha value is -3.31. The van der Waals surface area contributed by atoms with E-state index in [1.807, 2.05) is 0 Å². The van der Waals surface area contributed by atoms with Gasteiger partial charge in [0.05, 0.1) is 30.4 Å². The van der Waals surface area contributed by atoms with E-state index in [9.17, 15) is 13.6 Å². The summed E-state index contributed by atoms with van der Waals surface area (Å²) in [5.74, 6) is -2.75. The third kappa shape index (κ3) is 5.44. The molecule has 3 atom stereocenters. The van der Waals surface area contributed by atoms with E-state index in [4.69, 9.17) is 4.74 Å². The van der Waals surface area contributed by atoms with Crippen molar-refractivity contribution in [3.8, 4) is 0 Å². The van der Waals surface area contributed by atoms with E-state index in [1.54, 1.807) is 23.0 Å². The summed E-state index contributed by atoms with van der Waals surface area (Å²) in [6.07, 6.45) is 3.01. The van der Waals surface area contributed by atoms with Crippen molar-refractivity contribution in [1.29, 1.82) is 0 Å². The van der Waals surface area contributed by atoms with Gasteiger partial charge in [-0.05, 0) is 87.4 Å². The smallest absolute Gasteiger partial charge is 0.330 e. The topological polar surface area (TPSA) is 56.6 Å². The number of hydrogen-bond acceptors (Lipinski definition) is 5. The highest BCUT2D eigenvalue weighted by molar-refractivity contribution is 5.87. The zero-order valence-electron chi connectivity index (χ0n) is 24.0. The first-order valence-electron chi connectivity index (χ1n) is 14.0. The summed E-state index contributed by atoms with van der Waals surface area (Å²) in [7, 11) is 1.17. The Labute approximate surface area is 241 Å². The van der Waals surface area contributed by atoms with Crippen molar-refractivity contribution in [2.75, 3.05) is 20.3 Å². The Morgan fingerprint density at radius 1 is 1.24 bits per heavy atom. The molecule has 0 aliphatic carbocycles. The fourth-order valence-corrected chi connectivity index (χ4v) is 6.38. The van der Waals surface area contributed by atoms with Gasteiger partial charge in [0.1, 0.15) is 17.3 Å². The fourth-order valence-electron chi connectivity index (χ4n) is 6.38. The highest BCUT2D eigenvalue weighted by Crippen LogP contribution is 2.49. The average Bonchev–Trinajstić information content (AvgIpc) is 3.37. The second kappa shape index (κ2) is 11.4. The van der Waals surface area contributed by atoms with Gasteiger partial charge >= 0.3 is 5.97 Å². The lowest BCUT2D eigenvalue weighted by Crippen LogP contribution is -2.60. The SMILES string of the molecule is COC(=O)/C=C/c1cc(F)c([C@]2(C)c3ccc4c(cnn4C4CCCCO4)c3C[C@@H](C(F)F)N2CC(C)(C)F)c(F)c1. The van der Waals surface area contributed by atoms with Gasteiger partial charge in [0, 0.05) is 30.2 Å². The van der Waals surface area contributed by atoms with Gasteiger partial charge in [0.15, 0.2) is 6.23 Å². The molecule has 1 aromatic heterocycles. The van der Waals surface area contributed by atoms with E-state index in [2.05, 4.69) is 9.84 Å². The molecular weight excluding hydrogens is 557 g/mol. The molecule has 11 heteroatoms. The van der Waals surface area contributed by atoms with Crippen LogP contribution in [-0.2, 0) is 26.2 Å². The molecule has 1 saturated heterocycles. The molecule has 0 radical (unpaired) electrons. The van der Waals surface area contributed by atoms with Crippen molar-refractivity contribution < 1.29 is 36.2 Å². The molecule has 1 unspecified atom stereocenters. The Balaban J connectivity index is 1.74. The van der Waals surface area contributed by atoms with Crippen LogP contribution in [0.2, 0.25) is 0 Å². The van der Waals surface area contributed by atoms with Crippen LogP contribution >= 0.6 is 0 Å². The monoisotopic (exact) mass is 591 g/mol. The minimum absolute atomic E-state index is 0.0331. The summed E-state index contributed by atoms with van der Waals surface area (Å²) in [6.45, 7) is 4.03. The number of nitrogens with zero attached hydrogens (tertiary/aromatic N) is 3. The summed E-state index contributed by atoms with van der Waals surface area (Å²) in [6, 6.07) is 3.91. The first-order chi connectivity index (χ1) is 19.8. The lowest BCUT2D eigenvalue weighted by molar-refractivity contribution is -0.134.